The lowest BCUT2D eigenvalue weighted by Gasteiger charge is -2.32. The molecule has 1 N–H and O–H groups in total. The quantitative estimate of drug-likeness (QED) is 0.344. The van der Waals surface area contributed by atoms with Crippen molar-refractivity contribution < 1.29 is 9.13 Å². The van der Waals surface area contributed by atoms with E-state index in [1.54, 1.807) is 29.7 Å². The van der Waals surface area contributed by atoms with Crippen LogP contribution in [-0.4, -0.2) is 18.1 Å². The zero-order chi connectivity index (χ0) is 21.9. The molecule has 2 heterocycles. The summed E-state index contributed by atoms with van der Waals surface area (Å²) in [4.78, 5) is 7.33. The minimum atomic E-state index is -0.282. The Labute approximate surface area is 193 Å². The minimum absolute atomic E-state index is 0.282. The molecule has 1 aliphatic rings. The van der Waals surface area contributed by atoms with Crippen LogP contribution in [0.4, 0.5) is 20.9 Å². The first-order chi connectivity index (χ1) is 15.7. The average Bonchev–Trinajstić information content (AvgIpc) is 3.36. The van der Waals surface area contributed by atoms with Crippen molar-refractivity contribution in [1.82, 2.24) is 4.98 Å². The van der Waals surface area contributed by atoms with E-state index in [4.69, 9.17) is 4.74 Å². The van der Waals surface area contributed by atoms with Gasteiger partial charge in [-0.15, -0.1) is 11.3 Å². The van der Waals surface area contributed by atoms with Crippen molar-refractivity contribution in [3.05, 3.63) is 83.6 Å². The Kier molecular flexibility index (Phi) is 5.67. The third kappa shape index (κ3) is 4.13. The molecule has 8 heteroatoms. The van der Waals surface area contributed by atoms with Gasteiger partial charge in [0.05, 0.1) is 23.5 Å². The molecule has 0 unspecified atom stereocenters. The number of thiazole rings is 1. The molecule has 0 aliphatic carbocycles. The van der Waals surface area contributed by atoms with Gasteiger partial charge in [-0.1, -0.05) is 18.2 Å². The second kappa shape index (κ2) is 8.91. The minimum Gasteiger partial charge on any atom is -0.489 e. The first-order valence-corrected chi connectivity index (χ1v) is 11.6. The Bertz CT molecular complexity index is 1290. The number of fused-ring (bicyclic) bond motifs is 1. The van der Waals surface area contributed by atoms with E-state index in [0.717, 1.165) is 38.3 Å². The van der Waals surface area contributed by atoms with Crippen LogP contribution in [-0.2, 0) is 0 Å². The Balaban J connectivity index is 1.43. The van der Waals surface area contributed by atoms with Crippen molar-refractivity contribution >= 4 is 39.8 Å². The lowest BCUT2D eigenvalue weighted by molar-refractivity contribution is 0.313. The summed E-state index contributed by atoms with van der Waals surface area (Å²) in [5.41, 5.74) is 4.04. The summed E-state index contributed by atoms with van der Waals surface area (Å²) in [5, 5.41) is 12.6. The zero-order valence-corrected chi connectivity index (χ0v) is 18.4. The highest BCUT2D eigenvalue weighted by atomic mass is 32.2. The van der Waals surface area contributed by atoms with E-state index in [-0.39, 0.29) is 5.82 Å². The van der Waals surface area contributed by atoms with Crippen molar-refractivity contribution in [3.8, 4) is 22.9 Å². The van der Waals surface area contributed by atoms with Crippen molar-refractivity contribution in [1.29, 1.82) is 5.26 Å². The molecule has 0 amide bonds. The molecule has 4 aromatic rings. The van der Waals surface area contributed by atoms with Gasteiger partial charge in [0.25, 0.3) is 0 Å². The van der Waals surface area contributed by atoms with E-state index in [2.05, 4.69) is 20.7 Å². The molecular weight excluding hydrogens is 443 g/mol. The van der Waals surface area contributed by atoms with Crippen molar-refractivity contribution in [2.75, 3.05) is 22.8 Å². The van der Waals surface area contributed by atoms with Crippen LogP contribution >= 0.6 is 23.3 Å². The largest absolute Gasteiger partial charge is 0.489 e. The number of hydrogen-bond donors (Lipinski definition) is 1. The van der Waals surface area contributed by atoms with E-state index in [1.165, 1.54) is 24.1 Å². The number of nitriles is 1. The lowest BCUT2D eigenvalue weighted by atomic mass is 10.0. The highest BCUT2D eigenvalue weighted by Gasteiger charge is 2.22. The summed E-state index contributed by atoms with van der Waals surface area (Å²) in [6.45, 7) is 1.16. The Morgan fingerprint density at radius 3 is 2.66 bits per heavy atom. The van der Waals surface area contributed by atoms with Crippen LogP contribution in [0.2, 0.25) is 0 Å². The summed E-state index contributed by atoms with van der Waals surface area (Å²) < 4.78 is 22.4. The van der Waals surface area contributed by atoms with E-state index in [9.17, 15) is 9.65 Å². The summed E-state index contributed by atoms with van der Waals surface area (Å²) >= 11 is 3.02. The normalized spacial score (nSPS) is 12.6. The number of halogens is 1. The topological polar surface area (TPSA) is 61.2 Å². The molecule has 158 valence electrons. The third-order valence-corrected chi connectivity index (χ3v) is 6.67. The highest BCUT2D eigenvalue weighted by Crippen LogP contribution is 2.41. The Morgan fingerprint density at radius 2 is 1.88 bits per heavy atom. The van der Waals surface area contributed by atoms with E-state index in [1.807, 2.05) is 41.8 Å². The maximum Gasteiger partial charge on any atom is 0.192 e. The van der Waals surface area contributed by atoms with E-state index >= 15 is 0 Å². The molecule has 0 fully saturated rings. The third-order valence-electron chi connectivity index (χ3n) is 5.07. The first kappa shape index (κ1) is 20.4. The van der Waals surface area contributed by atoms with Crippen LogP contribution in [0.1, 0.15) is 5.56 Å². The number of rotatable bonds is 5. The van der Waals surface area contributed by atoms with Crippen LogP contribution in [0.15, 0.2) is 77.1 Å². The van der Waals surface area contributed by atoms with Crippen LogP contribution in [0.25, 0.3) is 11.1 Å². The van der Waals surface area contributed by atoms with Crippen LogP contribution in [0, 0.1) is 17.1 Å². The van der Waals surface area contributed by atoms with Gasteiger partial charge in [-0.25, -0.2) is 9.37 Å². The van der Waals surface area contributed by atoms with Gasteiger partial charge in [0.15, 0.2) is 5.13 Å². The van der Waals surface area contributed by atoms with Gasteiger partial charge >= 0.3 is 0 Å². The molecule has 5 rings (SSSR count). The molecule has 3 aromatic carbocycles. The van der Waals surface area contributed by atoms with Crippen molar-refractivity contribution in [3.63, 3.8) is 0 Å². The van der Waals surface area contributed by atoms with Gasteiger partial charge in [-0.2, -0.15) is 5.26 Å². The Morgan fingerprint density at radius 1 is 1.06 bits per heavy atom. The average molecular weight is 461 g/mol. The summed E-state index contributed by atoms with van der Waals surface area (Å²) in [5.74, 6) is 0.490. The Hall–Kier alpha value is -3.54. The second-order valence-corrected chi connectivity index (χ2v) is 8.80. The molecule has 0 radical (unpaired) electrons. The van der Waals surface area contributed by atoms with Gasteiger partial charge < -0.3 is 14.4 Å². The van der Waals surface area contributed by atoms with Gasteiger partial charge in [0, 0.05) is 16.5 Å². The van der Waals surface area contributed by atoms with Crippen LogP contribution < -0.4 is 14.4 Å². The number of benzene rings is 3. The number of hydrogen-bond acceptors (Lipinski definition) is 7. The molecule has 0 saturated carbocycles. The van der Waals surface area contributed by atoms with Gasteiger partial charge in [-0.3, -0.25) is 0 Å². The molecule has 0 atom stereocenters. The van der Waals surface area contributed by atoms with Crippen LogP contribution in [0.3, 0.4) is 0 Å². The van der Waals surface area contributed by atoms with Crippen molar-refractivity contribution in [2.24, 2.45) is 0 Å². The van der Waals surface area contributed by atoms with Gasteiger partial charge in [0.2, 0.25) is 0 Å². The summed E-state index contributed by atoms with van der Waals surface area (Å²) in [6.07, 6.45) is 1.76. The maximum absolute atomic E-state index is 13.3. The zero-order valence-electron chi connectivity index (χ0n) is 16.8. The standard InChI is InChI=1S/C24H17FN4OS2/c25-19-4-1-16(2-5-19)17-3-7-21(18(13-17)15-26)29-10-11-30-23-14-20(6-8-22(23)29)32-28-24-27-9-12-31-24/h1-9,12-14H,10-11H2,(H,27,28). The molecule has 0 spiro atoms. The number of anilines is 3. The maximum atomic E-state index is 13.3. The smallest absolute Gasteiger partial charge is 0.192 e. The molecule has 0 saturated heterocycles. The molecule has 32 heavy (non-hydrogen) atoms. The van der Waals surface area contributed by atoms with Gasteiger partial charge in [0.1, 0.15) is 24.2 Å². The molecule has 1 aromatic heterocycles. The fourth-order valence-electron chi connectivity index (χ4n) is 3.57. The van der Waals surface area contributed by atoms with Gasteiger partial charge in [-0.05, 0) is 65.5 Å². The SMILES string of the molecule is N#Cc1cc(-c2ccc(F)cc2)ccc1N1CCOc2cc(SNc3nccs3)ccc21. The summed E-state index contributed by atoms with van der Waals surface area (Å²) in [6, 6.07) is 20.4. The monoisotopic (exact) mass is 460 g/mol. The second-order valence-electron chi connectivity index (χ2n) is 7.02. The van der Waals surface area contributed by atoms with Crippen molar-refractivity contribution in [2.45, 2.75) is 4.90 Å². The molecule has 1 aliphatic heterocycles. The number of nitrogens with one attached hydrogen (secondary N) is 1. The fraction of sp³-hybridized carbons (Fsp3) is 0.0833. The van der Waals surface area contributed by atoms with Crippen LogP contribution in [0.5, 0.6) is 5.75 Å². The van der Waals surface area contributed by atoms with E-state index in [0.29, 0.717) is 18.7 Å². The predicted molar refractivity (Wildman–Crippen MR) is 127 cm³/mol. The molecule has 0 bridgehead atoms. The summed E-state index contributed by atoms with van der Waals surface area (Å²) in [7, 11) is 0. The number of nitrogens with zero attached hydrogens (tertiary/aromatic N) is 3. The lowest BCUT2D eigenvalue weighted by Crippen LogP contribution is -2.29. The highest BCUT2D eigenvalue weighted by molar-refractivity contribution is 8.00. The molecule has 5 nitrogen and oxygen atoms in total. The number of aromatic nitrogens is 1. The number of ether oxygens (including phenoxy) is 1. The predicted octanol–water partition coefficient (Wildman–Crippen LogP) is 6.47. The molecular formula is C24H17FN4OS2. The first-order valence-electron chi connectivity index (χ1n) is 9.88. The fourth-order valence-corrected chi connectivity index (χ4v) is 4.82. The van der Waals surface area contributed by atoms with E-state index < -0.39 is 0 Å².